The van der Waals surface area contributed by atoms with Crippen molar-refractivity contribution in [3.63, 3.8) is 0 Å². The minimum absolute atomic E-state index is 0.0171. The van der Waals surface area contributed by atoms with Crippen molar-refractivity contribution in [2.24, 2.45) is 5.73 Å². The summed E-state index contributed by atoms with van der Waals surface area (Å²) in [5.74, 6) is -3.52. The van der Waals surface area contributed by atoms with Crippen LogP contribution in [0.15, 0.2) is 30.3 Å². The second-order valence-corrected chi connectivity index (χ2v) is 12.7. The maximum absolute atomic E-state index is 14.8. The number of halogens is 3. The maximum atomic E-state index is 14.8. The van der Waals surface area contributed by atoms with Crippen molar-refractivity contribution < 1.29 is 31.5 Å². The van der Waals surface area contributed by atoms with Gasteiger partial charge in [-0.2, -0.15) is 4.39 Å². The lowest BCUT2D eigenvalue weighted by molar-refractivity contribution is 0.0778. The molecule has 1 aliphatic heterocycles. The quantitative estimate of drug-likeness (QED) is 0.320. The topological polar surface area (TPSA) is 134 Å². The lowest BCUT2D eigenvalue weighted by Crippen LogP contribution is -2.32. The molecule has 1 saturated heterocycles. The van der Waals surface area contributed by atoms with Crippen LogP contribution in [0.3, 0.4) is 0 Å². The molecule has 0 radical (unpaired) electrons. The summed E-state index contributed by atoms with van der Waals surface area (Å²) in [6.45, 7) is 2.79. The smallest absolute Gasteiger partial charge is 0.251 e. The van der Waals surface area contributed by atoms with Gasteiger partial charge in [-0.25, -0.2) is 22.2 Å². The first-order valence-electron chi connectivity index (χ1n) is 11.3. The number of hydrogen-bond acceptors (Lipinski definition) is 8. The second kappa shape index (κ2) is 9.95. The fraction of sp³-hybridized carbons (Fsp3) is 0.333. The number of primary amides is 1. The minimum Gasteiger partial charge on any atom is -0.386 e. The summed E-state index contributed by atoms with van der Waals surface area (Å²) in [6.07, 6.45) is 0.706. The number of amides is 1. The summed E-state index contributed by atoms with van der Waals surface area (Å²) >= 11 is 0.826. The first-order chi connectivity index (χ1) is 17.2. The average Bonchev–Trinajstić information content (AvgIpc) is 3.19. The van der Waals surface area contributed by atoms with Gasteiger partial charge < -0.3 is 21.5 Å². The molecule has 1 aliphatic rings. The lowest BCUT2D eigenvalue weighted by Gasteiger charge is -2.24. The van der Waals surface area contributed by atoms with Crippen LogP contribution >= 0.6 is 11.3 Å². The fourth-order valence-corrected chi connectivity index (χ4v) is 6.54. The van der Waals surface area contributed by atoms with Crippen molar-refractivity contribution in [3.05, 3.63) is 59.0 Å². The third-order valence-corrected chi connectivity index (χ3v) is 8.78. The summed E-state index contributed by atoms with van der Waals surface area (Å²) in [6, 6.07) is 5.89. The number of nitrogens with two attached hydrogens (primary N) is 1. The number of carbonyl (C=O) groups excluding carboxylic acids is 1. The van der Waals surface area contributed by atoms with Crippen molar-refractivity contribution in [1.82, 2.24) is 4.98 Å². The van der Waals surface area contributed by atoms with Crippen LogP contribution in [0.25, 0.3) is 10.4 Å². The summed E-state index contributed by atoms with van der Waals surface area (Å²) in [5.41, 5.74) is 3.65. The van der Waals surface area contributed by atoms with Gasteiger partial charge in [0.1, 0.15) is 32.3 Å². The van der Waals surface area contributed by atoms with E-state index in [1.54, 1.807) is 0 Å². The van der Waals surface area contributed by atoms with Gasteiger partial charge in [-0.05, 0) is 62.6 Å². The van der Waals surface area contributed by atoms with E-state index in [9.17, 15) is 31.5 Å². The second-order valence-electron chi connectivity index (χ2n) is 9.32. The molecule has 0 spiro atoms. The van der Waals surface area contributed by atoms with E-state index in [-0.39, 0.29) is 50.1 Å². The normalized spacial score (nSPS) is 15.9. The van der Waals surface area contributed by atoms with Gasteiger partial charge in [-0.1, -0.05) is 0 Å². The molecule has 3 aromatic rings. The zero-order chi connectivity index (χ0) is 27.1. The predicted octanol–water partition coefficient (Wildman–Crippen LogP) is 4.29. The Morgan fingerprint density at radius 2 is 1.76 bits per heavy atom. The van der Waals surface area contributed by atoms with Crippen LogP contribution < -0.4 is 16.4 Å². The van der Waals surface area contributed by atoms with Crippen molar-refractivity contribution in [1.29, 1.82) is 0 Å². The molecule has 37 heavy (non-hydrogen) atoms. The third-order valence-electron chi connectivity index (χ3n) is 6.00. The van der Waals surface area contributed by atoms with Gasteiger partial charge in [0.2, 0.25) is 5.95 Å². The number of nitrogens with one attached hydrogen (secondary N) is 2. The Morgan fingerprint density at radius 1 is 1.14 bits per heavy atom. The number of hydrogen-bond donors (Lipinski definition) is 4. The van der Waals surface area contributed by atoms with Gasteiger partial charge in [0.15, 0.2) is 0 Å². The van der Waals surface area contributed by atoms with Crippen LogP contribution in [-0.4, -0.2) is 42.0 Å². The highest BCUT2D eigenvalue weighted by Gasteiger charge is 2.26. The average molecular weight is 555 g/mol. The van der Waals surface area contributed by atoms with Gasteiger partial charge in [0.25, 0.3) is 5.91 Å². The predicted molar refractivity (Wildman–Crippen MR) is 136 cm³/mol. The van der Waals surface area contributed by atoms with Crippen LogP contribution in [0, 0.1) is 17.6 Å². The molecule has 1 aromatic carbocycles. The number of thiophene rings is 1. The first kappa shape index (κ1) is 26.9. The number of anilines is 3. The highest BCUT2D eigenvalue weighted by Crippen LogP contribution is 2.40. The number of aromatic nitrogens is 1. The van der Waals surface area contributed by atoms with Crippen molar-refractivity contribution in [3.8, 4) is 10.4 Å². The number of sulfone groups is 1. The largest absolute Gasteiger partial charge is 0.386 e. The van der Waals surface area contributed by atoms with Gasteiger partial charge in [-0.15, -0.1) is 11.3 Å². The molecule has 0 bridgehead atoms. The molecule has 13 heteroatoms. The number of carbonyl (C=O) groups is 1. The van der Waals surface area contributed by atoms with Gasteiger partial charge in [0, 0.05) is 10.9 Å². The molecule has 0 unspecified atom stereocenters. The molecule has 8 nitrogen and oxygen atoms in total. The molecule has 5 N–H and O–H groups in total. The molecule has 3 heterocycles. The van der Waals surface area contributed by atoms with E-state index in [1.165, 1.54) is 32.0 Å². The number of nitrogens with zero attached hydrogens (tertiary/aromatic N) is 1. The molecule has 1 fully saturated rings. The van der Waals surface area contributed by atoms with Gasteiger partial charge in [0.05, 0.1) is 33.9 Å². The fourth-order valence-electron chi connectivity index (χ4n) is 3.93. The maximum Gasteiger partial charge on any atom is 0.251 e. The Morgan fingerprint density at radius 3 is 2.30 bits per heavy atom. The van der Waals surface area contributed by atoms with E-state index < -0.39 is 44.5 Å². The van der Waals surface area contributed by atoms with Crippen LogP contribution in [0.2, 0.25) is 0 Å². The molecular weight excluding hydrogens is 529 g/mol. The van der Waals surface area contributed by atoms with E-state index in [1.807, 2.05) is 0 Å². The van der Waals surface area contributed by atoms with Crippen molar-refractivity contribution in [2.45, 2.75) is 38.3 Å². The summed E-state index contributed by atoms with van der Waals surface area (Å²) < 4.78 is 67.6. The van der Waals surface area contributed by atoms with Crippen LogP contribution in [0.1, 0.15) is 42.6 Å². The molecule has 198 valence electrons. The Kier molecular flexibility index (Phi) is 7.23. The number of benzene rings is 1. The monoisotopic (exact) mass is 554 g/mol. The van der Waals surface area contributed by atoms with E-state index >= 15 is 0 Å². The van der Waals surface area contributed by atoms with E-state index in [2.05, 4.69) is 15.6 Å². The Labute approximate surface area is 215 Å². The van der Waals surface area contributed by atoms with E-state index in [0.717, 1.165) is 23.5 Å². The highest BCUT2D eigenvalue weighted by atomic mass is 32.2. The molecule has 0 aliphatic carbocycles. The SMILES string of the molecule is CC(C)(O)c1cc(F)c(-c2cc(C(N)=O)c(Nc3ccc(NC4CCS(=O)(=O)CC4)c(F)n3)s2)c(F)c1. The zero-order valence-corrected chi connectivity index (χ0v) is 21.6. The third kappa shape index (κ3) is 6.05. The summed E-state index contributed by atoms with van der Waals surface area (Å²) in [7, 11) is -3.06. The molecule has 2 aromatic heterocycles. The van der Waals surface area contributed by atoms with Crippen molar-refractivity contribution >= 4 is 43.6 Å². The van der Waals surface area contributed by atoms with Gasteiger partial charge in [-0.3, -0.25) is 4.79 Å². The molecule has 4 rings (SSSR count). The molecular formula is C24H25F3N4O4S2. The van der Waals surface area contributed by atoms with E-state index in [0.29, 0.717) is 12.8 Å². The zero-order valence-electron chi connectivity index (χ0n) is 19.9. The van der Waals surface area contributed by atoms with Crippen LogP contribution in [0.4, 0.5) is 29.7 Å². The van der Waals surface area contributed by atoms with Crippen LogP contribution in [-0.2, 0) is 15.4 Å². The molecule has 0 saturated carbocycles. The van der Waals surface area contributed by atoms with Crippen molar-refractivity contribution in [2.75, 3.05) is 22.1 Å². The Hall–Kier alpha value is -3.16. The Bertz CT molecular complexity index is 1430. The van der Waals surface area contributed by atoms with Gasteiger partial charge >= 0.3 is 0 Å². The number of pyridine rings is 1. The Balaban J connectivity index is 1.59. The number of rotatable bonds is 7. The summed E-state index contributed by atoms with van der Waals surface area (Å²) in [5, 5.41) is 15.9. The highest BCUT2D eigenvalue weighted by molar-refractivity contribution is 7.91. The standard InChI is InChI=1S/C24H25F3N4O4S2/c1-24(2,33)12-9-15(25)20(16(26)10-12)18-11-14(22(28)32)23(36-18)31-19-4-3-17(21(27)30-19)29-13-5-7-37(34,35)8-6-13/h3-4,9-11,13,29,33H,5-8H2,1-2H3,(H2,28,32)(H,30,31). The van der Waals surface area contributed by atoms with E-state index in [4.69, 9.17) is 5.73 Å². The molecule has 1 amide bonds. The minimum atomic E-state index is -3.06. The molecule has 0 atom stereocenters. The number of aliphatic hydroxyl groups is 1. The summed E-state index contributed by atoms with van der Waals surface area (Å²) in [4.78, 5) is 15.9. The van der Waals surface area contributed by atoms with Crippen LogP contribution in [0.5, 0.6) is 0 Å². The lowest BCUT2D eigenvalue weighted by atomic mass is 9.96. The first-order valence-corrected chi connectivity index (χ1v) is 13.9.